The molecule has 1 aromatic carbocycles. The molecule has 0 amide bonds. The maximum atomic E-state index is 14.2. The van der Waals surface area contributed by atoms with E-state index in [9.17, 15) is 4.39 Å². The van der Waals surface area contributed by atoms with Crippen molar-refractivity contribution in [1.29, 1.82) is 0 Å². The van der Waals surface area contributed by atoms with Gasteiger partial charge in [0.15, 0.2) is 0 Å². The Labute approximate surface area is 181 Å². The molecule has 1 aliphatic heterocycles. The van der Waals surface area contributed by atoms with Crippen molar-refractivity contribution in [2.45, 2.75) is 37.8 Å². The van der Waals surface area contributed by atoms with Crippen molar-refractivity contribution in [3.63, 3.8) is 0 Å². The minimum Gasteiger partial charge on any atom is -0.396 e. The molecule has 1 aliphatic carbocycles. The number of hydrogen-bond acceptors (Lipinski definition) is 6. The fourth-order valence-corrected chi connectivity index (χ4v) is 5.19. The number of anilines is 2. The van der Waals surface area contributed by atoms with Gasteiger partial charge in [-0.05, 0) is 50.4 Å². The molecular formula is C23H30FN7. The zero-order valence-corrected chi connectivity index (χ0v) is 18.0. The molecule has 5 rings (SSSR count). The van der Waals surface area contributed by atoms with Crippen molar-refractivity contribution < 1.29 is 4.39 Å². The van der Waals surface area contributed by atoms with E-state index < -0.39 is 5.82 Å². The second-order valence-corrected chi connectivity index (χ2v) is 8.95. The Kier molecular flexibility index (Phi) is 5.27. The number of nitrogens with zero attached hydrogens (tertiary/aromatic N) is 5. The Morgan fingerprint density at radius 3 is 2.39 bits per heavy atom. The second kappa shape index (κ2) is 8.09. The van der Waals surface area contributed by atoms with Gasteiger partial charge in [0.2, 0.25) is 0 Å². The number of rotatable bonds is 3. The van der Waals surface area contributed by atoms with Crippen LogP contribution in [0.2, 0.25) is 0 Å². The number of nitrogens with two attached hydrogens (primary N) is 2. The van der Waals surface area contributed by atoms with E-state index >= 15 is 0 Å². The van der Waals surface area contributed by atoms with Crippen LogP contribution in [-0.4, -0.2) is 63.6 Å². The van der Waals surface area contributed by atoms with Crippen molar-refractivity contribution in [2.75, 3.05) is 44.7 Å². The van der Waals surface area contributed by atoms with Gasteiger partial charge in [-0.15, -0.1) is 0 Å². The lowest BCUT2D eigenvalue weighted by molar-refractivity contribution is 0.0828. The normalized spacial score (nSPS) is 23.4. The van der Waals surface area contributed by atoms with Gasteiger partial charge in [0.25, 0.3) is 0 Å². The first-order chi connectivity index (χ1) is 15.0. The van der Waals surface area contributed by atoms with E-state index in [1.54, 1.807) is 6.07 Å². The second-order valence-electron chi connectivity index (χ2n) is 8.95. The summed E-state index contributed by atoms with van der Waals surface area (Å²) in [6, 6.07) is 5.90. The van der Waals surface area contributed by atoms with Crippen LogP contribution in [0.4, 0.5) is 15.9 Å². The van der Waals surface area contributed by atoms with Gasteiger partial charge in [-0.25, -0.2) is 14.4 Å². The first kappa shape index (κ1) is 20.2. The fraction of sp³-hybridized carbons (Fsp3) is 0.478. The maximum absolute atomic E-state index is 14.2. The Bertz CT molecular complexity index is 1080. The Morgan fingerprint density at radius 2 is 1.68 bits per heavy atom. The van der Waals surface area contributed by atoms with Gasteiger partial charge >= 0.3 is 0 Å². The highest BCUT2D eigenvalue weighted by molar-refractivity contribution is 6.00. The van der Waals surface area contributed by atoms with Gasteiger partial charge in [-0.2, -0.15) is 0 Å². The zero-order valence-electron chi connectivity index (χ0n) is 18.0. The fourth-order valence-electron chi connectivity index (χ4n) is 5.19. The summed E-state index contributed by atoms with van der Waals surface area (Å²) in [6.07, 6.45) is 8.14. The molecule has 0 atom stereocenters. The Hall–Kier alpha value is -2.71. The molecule has 0 bridgehead atoms. The third kappa shape index (κ3) is 3.74. The molecule has 2 aromatic heterocycles. The van der Waals surface area contributed by atoms with Gasteiger partial charge in [0.05, 0.1) is 11.1 Å². The van der Waals surface area contributed by atoms with Crippen molar-refractivity contribution in [3.8, 4) is 11.1 Å². The van der Waals surface area contributed by atoms with Gasteiger partial charge in [0, 0.05) is 50.0 Å². The number of nitrogen functional groups attached to an aromatic ring is 2. The summed E-state index contributed by atoms with van der Waals surface area (Å²) in [7, 11) is 2.20. The molecule has 1 saturated carbocycles. The Balaban J connectivity index is 1.43. The largest absolute Gasteiger partial charge is 0.396 e. The molecule has 0 unspecified atom stereocenters. The SMILES string of the molecule is CN1CCN([C@H]2CC[C@@H](n3cc(-c4ccc(N)c(F)c4)c4c(N)ncnc43)CC2)CC1. The predicted molar refractivity (Wildman–Crippen MR) is 122 cm³/mol. The van der Waals surface area contributed by atoms with Crippen LogP contribution in [0.3, 0.4) is 0 Å². The minimum absolute atomic E-state index is 0.138. The molecule has 2 aliphatic rings. The quantitative estimate of drug-likeness (QED) is 0.629. The summed E-state index contributed by atoms with van der Waals surface area (Å²) in [5.74, 6) is -0.0105. The lowest BCUT2D eigenvalue weighted by Gasteiger charge is -2.41. The van der Waals surface area contributed by atoms with E-state index in [0.717, 1.165) is 61.2 Å². The van der Waals surface area contributed by atoms with Crippen LogP contribution in [0.5, 0.6) is 0 Å². The molecule has 0 radical (unpaired) electrons. The highest BCUT2D eigenvalue weighted by atomic mass is 19.1. The standard InChI is InChI=1S/C23H30FN7/c1-29-8-10-30(11-9-29)16-3-5-17(6-4-16)31-13-18(15-2-7-20(25)19(24)12-15)21-22(26)27-14-28-23(21)31/h2,7,12-14,16-17H,3-6,8-11,25H2,1H3,(H2,26,27,28)/t16-,17+. The maximum Gasteiger partial charge on any atom is 0.146 e. The summed E-state index contributed by atoms with van der Waals surface area (Å²) < 4.78 is 16.4. The lowest BCUT2D eigenvalue weighted by Crippen LogP contribution is -2.49. The van der Waals surface area contributed by atoms with E-state index in [1.165, 1.54) is 25.2 Å². The zero-order chi connectivity index (χ0) is 21.5. The van der Waals surface area contributed by atoms with E-state index in [1.807, 2.05) is 6.07 Å². The summed E-state index contributed by atoms with van der Waals surface area (Å²) in [5, 5.41) is 0.785. The van der Waals surface area contributed by atoms with Crippen LogP contribution in [0.15, 0.2) is 30.7 Å². The van der Waals surface area contributed by atoms with E-state index in [0.29, 0.717) is 17.9 Å². The molecule has 1 saturated heterocycles. The number of hydrogen-bond donors (Lipinski definition) is 2. The number of fused-ring (bicyclic) bond motifs is 1. The van der Waals surface area contributed by atoms with Gasteiger partial charge in [0.1, 0.15) is 23.6 Å². The smallest absolute Gasteiger partial charge is 0.146 e. The van der Waals surface area contributed by atoms with Gasteiger partial charge < -0.3 is 20.9 Å². The Morgan fingerprint density at radius 1 is 0.968 bits per heavy atom. The molecule has 4 N–H and O–H groups in total. The van der Waals surface area contributed by atoms with Gasteiger partial charge in [-0.3, -0.25) is 4.90 Å². The van der Waals surface area contributed by atoms with Crippen molar-refractivity contribution in [2.24, 2.45) is 0 Å². The molecule has 31 heavy (non-hydrogen) atoms. The van der Waals surface area contributed by atoms with E-state index in [-0.39, 0.29) is 5.69 Å². The third-order valence-electron chi connectivity index (χ3n) is 7.06. The highest BCUT2D eigenvalue weighted by Crippen LogP contribution is 2.39. The van der Waals surface area contributed by atoms with Crippen molar-refractivity contribution in [1.82, 2.24) is 24.3 Å². The van der Waals surface area contributed by atoms with Crippen LogP contribution in [-0.2, 0) is 0 Å². The first-order valence-electron chi connectivity index (χ1n) is 11.1. The number of halogens is 1. The molecule has 164 valence electrons. The highest BCUT2D eigenvalue weighted by Gasteiger charge is 2.30. The van der Waals surface area contributed by atoms with Gasteiger partial charge in [-0.1, -0.05) is 6.07 Å². The first-order valence-corrected chi connectivity index (χ1v) is 11.1. The summed E-state index contributed by atoms with van der Waals surface area (Å²) in [4.78, 5) is 13.8. The summed E-state index contributed by atoms with van der Waals surface area (Å²) in [5.41, 5.74) is 14.5. The van der Waals surface area contributed by atoms with E-state index in [4.69, 9.17) is 11.5 Å². The monoisotopic (exact) mass is 423 g/mol. The van der Waals surface area contributed by atoms with Crippen LogP contribution >= 0.6 is 0 Å². The predicted octanol–water partition coefficient (Wildman–Crippen LogP) is 3.13. The van der Waals surface area contributed by atoms with E-state index in [2.05, 4.69) is 37.6 Å². The lowest BCUT2D eigenvalue weighted by atomic mass is 9.89. The molecule has 0 spiro atoms. The van der Waals surface area contributed by atoms with Crippen LogP contribution < -0.4 is 11.5 Å². The number of aromatic nitrogens is 3. The number of piperazine rings is 1. The summed E-state index contributed by atoms with van der Waals surface area (Å²) >= 11 is 0. The molecule has 2 fully saturated rings. The average molecular weight is 424 g/mol. The molecule has 7 nitrogen and oxygen atoms in total. The minimum atomic E-state index is -0.429. The van der Waals surface area contributed by atoms with Crippen molar-refractivity contribution in [3.05, 3.63) is 36.5 Å². The average Bonchev–Trinajstić information content (AvgIpc) is 3.17. The number of benzene rings is 1. The van der Waals surface area contributed by atoms with Crippen molar-refractivity contribution >= 4 is 22.5 Å². The van der Waals surface area contributed by atoms with Crippen LogP contribution in [0.1, 0.15) is 31.7 Å². The molecular weight excluding hydrogens is 393 g/mol. The molecule has 8 heteroatoms. The summed E-state index contributed by atoms with van der Waals surface area (Å²) in [6.45, 7) is 4.63. The molecule has 3 aromatic rings. The van der Waals surface area contributed by atoms with Crippen LogP contribution in [0.25, 0.3) is 22.2 Å². The third-order valence-corrected chi connectivity index (χ3v) is 7.06. The van der Waals surface area contributed by atoms with Crippen LogP contribution in [0, 0.1) is 5.82 Å². The topological polar surface area (TPSA) is 89.2 Å². The molecule has 3 heterocycles. The number of likely N-dealkylation sites (N-methyl/N-ethyl adjacent to an activating group) is 1.